The smallest absolute Gasteiger partial charge is 0.156 e. The maximum Gasteiger partial charge on any atom is 0.156 e. The first-order chi connectivity index (χ1) is 7.77. The molecule has 2 heteroatoms. The highest BCUT2D eigenvalue weighted by Crippen LogP contribution is 2.37. The highest BCUT2D eigenvalue weighted by atomic mass is 16.3. The van der Waals surface area contributed by atoms with Gasteiger partial charge < -0.3 is 5.11 Å². The van der Waals surface area contributed by atoms with Crippen LogP contribution in [-0.4, -0.2) is 11.4 Å². The molecular formula is C14H18O2. The van der Waals surface area contributed by atoms with Crippen molar-refractivity contribution < 1.29 is 9.90 Å². The predicted molar refractivity (Wildman–Crippen MR) is 63.0 cm³/mol. The molecule has 0 heterocycles. The van der Waals surface area contributed by atoms with E-state index in [2.05, 4.69) is 0 Å². The van der Waals surface area contributed by atoms with Crippen molar-refractivity contribution >= 4 is 6.29 Å². The number of carbonyl (C=O) groups excluding carboxylic acids is 1. The average molecular weight is 218 g/mol. The summed E-state index contributed by atoms with van der Waals surface area (Å²) < 4.78 is 0. The molecule has 0 unspecified atom stereocenters. The monoisotopic (exact) mass is 218 g/mol. The Morgan fingerprint density at radius 1 is 1.12 bits per heavy atom. The van der Waals surface area contributed by atoms with Gasteiger partial charge in [-0.3, -0.25) is 4.79 Å². The molecule has 1 aromatic carbocycles. The number of aliphatic hydroxyl groups is 1. The Labute approximate surface area is 96.3 Å². The second-order valence-corrected chi connectivity index (χ2v) is 4.64. The van der Waals surface area contributed by atoms with Gasteiger partial charge >= 0.3 is 0 Å². The molecule has 1 N–H and O–H groups in total. The summed E-state index contributed by atoms with van der Waals surface area (Å²) in [7, 11) is 0. The number of hydrogen-bond donors (Lipinski definition) is 1. The summed E-state index contributed by atoms with van der Waals surface area (Å²) in [6.07, 6.45) is 6.08. The van der Waals surface area contributed by atoms with Gasteiger partial charge in [-0.1, -0.05) is 49.6 Å². The van der Waals surface area contributed by atoms with Crippen molar-refractivity contribution in [3.05, 3.63) is 35.9 Å². The second-order valence-electron chi connectivity index (χ2n) is 4.64. The van der Waals surface area contributed by atoms with Crippen molar-refractivity contribution in [3.63, 3.8) is 0 Å². The maximum absolute atomic E-state index is 11.3. The molecule has 1 aliphatic rings. The third kappa shape index (κ3) is 2.03. The van der Waals surface area contributed by atoms with Crippen LogP contribution in [0.5, 0.6) is 0 Å². The molecule has 1 saturated carbocycles. The molecule has 1 aliphatic carbocycles. The minimum Gasteiger partial charge on any atom is -0.377 e. The van der Waals surface area contributed by atoms with E-state index < -0.39 is 5.60 Å². The van der Waals surface area contributed by atoms with E-state index >= 15 is 0 Å². The number of hydrogen-bond acceptors (Lipinski definition) is 2. The first kappa shape index (κ1) is 11.3. The molecule has 0 aliphatic heterocycles. The molecular weight excluding hydrogens is 200 g/mol. The molecule has 0 spiro atoms. The Morgan fingerprint density at radius 3 is 2.31 bits per heavy atom. The van der Waals surface area contributed by atoms with Crippen molar-refractivity contribution in [2.75, 3.05) is 0 Å². The summed E-state index contributed by atoms with van der Waals surface area (Å²) in [5.74, 6) is 0.0844. The van der Waals surface area contributed by atoms with Gasteiger partial charge in [-0.25, -0.2) is 0 Å². The summed E-state index contributed by atoms with van der Waals surface area (Å²) in [6, 6.07) is 9.31. The largest absolute Gasteiger partial charge is 0.377 e. The van der Waals surface area contributed by atoms with Gasteiger partial charge in [0.15, 0.2) is 6.29 Å². The highest BCUT2D eigenvalue weighted by molar-refractivity contribution is 5.66. The first-order valence-electron chi connectivity index (χ1n) is 6.01. The van der Waals surface area contributed by atoms with Gasteiger partial charge in [0.2, 0.25) is 0 Å². The Hall–Kier alpha value is -1.15. The van der Waals surface area contributed by atoms with Gasteiger partial charge in [0.25, 0.3) is 0 Å². The van der Waals surface area contributed by atoms with Gasteiger partial charge in [-0.15, -0.1) is 0 Å². The van der Waals surface area contributed by atoms with Gasteiger partial charge in [-0.2, -0.15) is 0 Å². The van der Waals surface area contributed by atoms with Crippen LogP contribution in [0.15, 0.2) is 30.3 Å². The third-order valence-corrected chi connectivity index (χ3v) is 3.64. The van der Waals surface area contributed by atoms with E-state index in [1.807, 2.05) is 30.3 Å². The number of aldehydes is 1. The molecule has 0 bridgehead atoms. The van der Waals surface area contributed by atoms with Crippen LogP contribution in [0, 0.1) is 5.92 Å². The van der Waals surface area contributed by atoms with Crippen molar-refractivity contribution in [1.29, 1.82) is 0 Å². The van der Waals surface area contributed by atoms with Gasteiger partial charge in [-0.05, 0) is 24.3 Å². The third-order valence-electron chi connectivity index (χ3n) is 3.64. The SMILES string of the molecule is O=C[C@@](O)(c1ccccc1)C1CCCCC1. The zero-order chi connectivity index (χ0) is 11.4. The van der Waals surface area contributed by atoms with Gasteiger partial charge in [0.1, 0.15) is 5.60 Å². The standard InChI is InChI=1S/C14H18O2/c15-11-14(16,12-7-3-1-4-8-12)13-9-5-2-6-10-13/h1,3-4,7-8,11,13,16H,2,5-6,9-10H2/t14-/m1/s1. The van der Waals surface area contributed by atoms with Crippen molar-refractivity contribution in [2.24, 2.45) is 5.92 Å². The summed E-state index contributed by atoms with van der Waals surface area (Å²) >= 11 is 0. The first-order valence-corrected chi connectivity index (χ1v) is 6.01. The fourth-order valence-corrected chi connectivity index (χ4v) is 2.65. The van der Waals surface area contributed by atoms with Crippen LogP contribution < -0.4 is 0 Å². The van der Waals surface area contributed by atoms with Crippen LogP contribution in [0.25, 0.3) is 0 Å². The average Bonchev–Trinajstić information content (AvgIpc) is 2.40. The van der Waals surface area contributed by atoms with Gasteiger partial charge in [0, 0.05) is 0 Å². The van der Waals surface area contributed by atoms with Crippen molar-refractivity contribution in [1.82, 2.24) is 0 Å². The Bertz CT molecular complexity index is 341. The minimum atomic E-state index is -1.28. The summed E-state index contributed by atoms with van der Waals surface area (Å²) in [6.45, 7) is 0. The Balaban J connectivity index is 2.27. The Kier molecular flexibility index (Phi) is 3.39. The van der Waals surface area contributed by atoms with Crippen LogP contribution in [-0.2, 0) is 10.4 Å². The zero-order valence-corrected chi connectivity index (χ0v) is 9.43. The quantitative estimate of drug-likeness (QED) is 0.792. The Morgan fingerprint density at radius 2 is 1.75 bits per heavy atom. The lowest BCUT2D eigenvalue weighted by molar-refractivity contribution is -0.132. The van der Waals surface area contributed by atoms with Crippen LogP contribution in [0.4, 0.5) is 0 Å². The zero-order valence-electron chi connectivity index (χ0n) is 9.43. The van der Waals surface area contributed by atoms with Crippen molar-refractivity contribution in [3.8, 4) is 0 Å². The van der Waals surface area contributed by atoms with Crippen LogP contribution in [0.2, 0.25) is 0 Å². The predicted octanol–water partition coefficient (Wildman–Crippen LogP) is 2.65. The fourth-order valence-electron chi connectivity index (χ4n) is 2.65. The molecule has 0 aromatic heterocycles. The van der Waals surface area contributed by atoms with Gasteiger partial charge in [0.05, 0.1) is 0 Å². The lowest BCUT2D eigenvalue weighted by Crippen LogP contribution is -2.38. The minimum absolute atomic E-state index is 0.0844. The van der Waals surface area contributed by atoms with Crippen molar-refractivity contribution in [2.45, 2.75) is 37.7 Å². The molecule has 2 nitrogen and oxygen atoms in total. The molecule has 16 heavy (non-hydrogen) atoms. The summed E-state index contributed by atoms with van der Waals surface area (Å²) in [4.78, 5) is 11.3. The molecule has 1 fully saturated rings. The second kappa shape index (κ2) is 4.79. The summed E-state index contributed by atoms with van der Waals surface area (Å²) in [5, 5.41) is 10.5. The lowest BCUT2D eigenvalue weighted by atomic mass is 9.74. The van der Waals surface area contributed by atoms with E-state index in [1.54, 1.807) is 0 Å². The number of rotatable bonds is 3. The molecule has 86 valence electrons. The summed E-state index contributed by atoms with van der Waals surface area (Å²) in [5.41, 5.74) is -0.543. The molecule has 2 rings (SSSR count). The molecule has 0 radical (unpaired) electrons. The fraction of sp³-hybridized carbons (Fsp3) is 0.500. The van der Waals surface area contributed by atoms with E-state index in [0.29, 0.717) is 0 Å². The number of benzene rings is 1. The van der Waals surface area contributed by atoms with E-state index in [0.717, 1.165) is 37.5 Å². The van der Waals surface area contributed by atoms with E-state index in [-0.39, 0.29) is 5.92 Å². The lowest BCUT2D eigenvalue weighted by Gasteiger charge is -2.34. The van der Waals surface area contributed by atoms with Crippen LogP contribution in [0.3, 0.4) is 0 Å². The van der Waals surface area contributed by atoms with E-state index in [4.69, 9.17) is 0 Å². The number of carbonyl (C=O) groups is 1. The molecule has 1 aromatic rings. The molecule has 0 saturated heterocycles. The van der Waals surface area contributed by atoms with E-state index in [9.17, 15) is 9.90 Å². The highest BCUT2D eigenvalue weighted by Gasteiger charge is 2.38. The van der Waals surface area contributed by atoms with Crippen LogP contribution >= 0.6 is 0 Å². The van der Waals surface area contributed by atoms with E-state index in [1.165, 1.54) is 6.42 Å². The molecule has 0 amide bonds. The van der Waals surface area contributed by atoms with Crippen LogP contribution in [0.1, 0.15) is 37.7 Å². The normalized spacial score (nSPS) is 21.3. The topological polar surface area (TPSA) is 37.3 Å². The molecule has 1 atom stereocenters. The maximum atomic E-state index is 11.3.